The zero-order valence-electron chi connectivity index (χ0n) is 11.8. The Morgan fingerprint density at radius 2 is 2.05 bits per heavy atom. The van der Waals surface area contributed by atoms with Crippen molar-refractivity contribution in [2.75, 3.05) is 14.2 Å². The fourth-order valence-electron chi connectivity index (χ4n) is 3.43. The van der Waals surface area contributed by atoms with Gasteiger partial charge in [-0.1, -0.05) is 6.07 Å². The number of fused-ring (bicyclic) bond motifs is 2. The van der Waals surface area contributed by atoms with Crippen molar-refractivity contribution in [1.29, 1.82) is 0 Å². The van der Waals surface area contributed by atoms with Crippen LogP contribution in [-0.4, -0.2) is 42.2 Å². The van der Waals surface area contributed by atoms with Crippen LogP contribution >= 0.6 is 0 Å². The molecule has 2 fully saturated rings. The van der Waals surface area contributed by atoms with Gasteiger partial charge in [-0.15, -0.1) is 0 Å². The Hall–Kier alpha value is -1.13. The number of pyridine rings is 1. The summed E-state index contributed by atoms with van der Waals surface area (Å²) in [4.78, 5) is 6.76. The molecule has 3 heterocycles. The molecule has 0 aliphatic carbocycles. The van der Waals surface area contributed by atoms with E-state index in [1.807, 2.05) is 12.3 Å². The highest BCUT2D eigenvalue weighted by molar-refractivity contribution is 5.17. The van der Waals surface area contributed by atoms with Gasteiger partial charge in [-0.3, -0.25) is 4.90 Å². The van der Waals surface area contributed by atoms with Crippen molar-refractivity contribution in [3.05, 3.63) is 23.9 Å². The number of nitrogens with zero attached hydrogens (tertiary/aromatic N) is 2. The Morgan fingerprint density at radius 1 is 1.32 bits per heavy atom. The molecule has 1 aromatic heterocycles. The summed E-state index contributed by atoms with van der Waals surface area (Å²) in [7, 11) is 3.89. The van der Waals surface area contributed by atoms with Gasteiger partial charge in [0.2, 0.25) is 5.88 Å². The zero-order chi connectivity index (χ0) is 13.2. The van der Waals surface area contributed by atoms with Crippen molar-refractivity contribution in [1.82, 2.24) is 15.2 Å². The number of hydrogen-bond acceptors (Lipinski definition) is 4. The highest BCUT2D eigenvalue weighted by Gasteiger charge is 2.34. The van der Waals surface area contributed by atoms with Crippen molar-refractivity contribution < 1.29 is 4.74 Å². The van der Waals surface area contributed by atoms with Gasteiger partial charge < -0.3 is 10.1 Å². The van der Waals surface area contributed by atoms with Gasteiger partial charge in [0.15, 0.2) is 0 Å². The first-order valence-corrected chi connectivity index (χ1v) is 7.20. The van der Waals surface area contributed by atoms with Crippen LogP contribution in [0, 0.1) is 0 Å². The average molecular weight is 261 g/mol. The molecule has 3 rings (SSSR count). The van der Waals surface area contributed by atoms with Crippen LogP contribution in [0.25, 0.3) is 0 Å². The normalized spacial score (nSPS) is 29.7. The van der Waals surface area contributed by atoms with E-state index in [2.05, 4.69) is 28.3 Å². The zero-order valence-corrected chi connectivity index (χ0v) is 11.8. The molecule has 104 valence electrons. The van der Waals surface area contributed by atoms with E-state index in [1.54, 1.807) is 7.11 Å². The van der Waals surface area contributed by atoms with Gasteiger partial charge in [-0.25, -0.2) is 4.98 Å². The third-order valence-electron chi connectivity index (χ3n) is 4.51. The molecule has 4 nitrogen and oxygen atoms in total. The van der Waals surface area contributed by atoms with Crippen molar-refractivity contribution in [3.63, 3.8) is 0 Å². The molecule has 2 aliphatic rings. The van der Waals surface area contributed by atoms with Gasteiger partial charge >= 0.3 is 0 Å². The molecule has 2 unspecified atom stereocenters. The molecule has 0 radical (unpaired) electrons. The second kappa shape index (κ2) is 5.47. The second-order valence-electron chi connectivity index (χ2n) is 5.89. The highest BCUT2D eigenvalue weighted by atomic mass is 16.5. The quantitative estimate of drug-likeness (QED) is 0.897. The minimum absolute atomic E-state index is 0.686. The first-order chi connectivity index (χ1) is 9.24. The largest absolute Gasteiger partial charge is 0.481 e. The lowest BCUT2D eigenvalue weighted by Gasteiger charge is -2.35. The van der Waals surface area contributed by atoms with E-state index >= 15 is 0 Å². The molecule has 19 heavy (non-hydrogen) atoms. The van der Waals surface area contributed by atoms with Gasteiger partial charge in [-0.2, -0.15) is 0 Å². The lowest BCUT2D eigenvalue weighted by Crippen LogP contribution is -2.46. The van der Waals surface area contributed by atoms with Gasteiger partial charge in [0, 0.05) is 36.9 Å². The van der Waals surface area contributed by atoms with Crippen LogP contribution in [0.5, 0.6) is 5.88 Å². The molecule has 2 bridgehead atoms. The van der Waals surface area contributed by atoms with Gasteiger partial charge in [0.05, 0.1) is 7.11 Å². The van der Waals surface area contributed by atoms with Gasteiger partial charge in [0.25, 0.3) is 0 Å². The summed E-state index contributed by atoms with van der Waals surface area (Å²) in [5.41, 5.74) is 1.26. The molecule has 0 amide bonds. The standard InChI is InChI=1S/C15H23N3O/c1-18(10-11-3-6-15(19-2)16-9-11)14-7-12-4-5-13(8-14)17-12/h3,6,9,12-14,17H,4-5,7-8,10H2,1-2H3. The summed E-state index contributed by atoms with van der Waals surface area (Å²) < 4.78 is 5.09. The second-order valence-corrected chi connectivity index (χ2v) is 5.89. The van der Waals surface area contributed by atoms with Crippen LogP contribution in [-0.2, 0) is 6.54 Å². The maximum atomic E-state index is 5.09. The molecule has 0 aromatic carbocycles. The summed E-state index contributed by atoms with van der Waals surface area (Å²) in [6, 6.07) is 6.26. The van der Waals surface area contributed by atoms with E-state index in [1.165, 1.54) is 31.2 Å². The summed E-state index contributed by atoms with van der Waals surface area (Å²) in [6.45, 7) is 0.973. The summed E-state index contributed by atoms with van der Waals surface area (Å²) >= 11 is 0. The number of aromatic nitrogens is 1. The molecular weight excluding hydrogens is 238 g/mol. The predicted octanol–water partition coefficient (Wildman–Crippen LogP) is 1.80. The Balaban J connectivity index is 1.59. The molecule has 1 aromatic rings. The van der Waals surface area contributed by atoms with E-state index in [9.17, 15) is 0 Å². The topological polar surface area (TPSA) is 37.4 Å². The maximum absolute atomic E-state index is 5.09. The Kier molecular flexibility index (Phi) is 3.71. The van der Waals surface area contributed by atoms with E-state index in [0.29, 0.717) is 11.9 Å². The molecule has 2 saturated heterocycles. The predicted molar refractivity (Wildman–Crippen MR) is 75.2 cm³/mol. The first-order valence-electron chi connectivity index (χ1n) is 7.20. The number of methoxy groups -OCH3 is 1. The lowest BCUT2D eigenvalue weighted by molar-refractivity contribution is 0.165. The van der Waals surface area contributed by atoms with E-state index < -0.39 is 0 Å². The molecule has 2 atom stereocenters. The van der Waals surface area contributed by atoms with Crippen molar-refractivity contribution in [2.45, 2.75) is 50.4 Å². The maximum Gasteiger partial charge on any atom is 0.212 e. The van der Waals surface area contributed by atoms with Crippen LogP contribution in [0.1, 0.15) is 31.2 Å². The molecule has 2 aliphatic heterocycles. The summed E-state index contributed by atoms with van der Waals surface area (Å²) in [5, 5.41) is 3.70. The monoisotopic (exact) mass is 261 g/mol. The lowest BCUT2D eigenvalue weighted by atomic mass is 9.98. The van der Waals surface area contributed by atoms with Crippen LogP contribution in [0.15, 0.2) is 18.3 Å². The van der Waals surface area contributed by atoms with E-state index in [-0.39, 0.29) is 0 Å². The molecule has 4 heteroatoms. The van der Waals surface area contributed by atoms with Crippen molar-refractivity contribution in [2.24, 2.45) is 0 Å². The number of hydrogen-bond donors (Lipinski definition) is 1. The molecule has 1 N–H and O–H groups in total. The molecule has 0 saturated carbocycles. The molecular formula is C15H23N3O. The fraction of sp³-hybridized carbons (Fsp3) is 0.667. The van der Waals surface area contributed by atoms with Crippen molar-refractivity contribution >= 4 is 0 Å². The van der Waals surface area contributed by atoms with E-state index in [0.717, 1.165) is 18.6 Å². The van der Waals surface area contributed by atoms with Crippen molar-refractivity contribution in [3.8, 4) is 5.88 Å². The Morgan fingerprint density at radius 3 is 2.63 bits per heavy atom. The van der Waals surface area contributed by atoms with E-state index in [4.69, 9.17) is 4.74 Å². The van der Waals surface area contributed by atoms with Gasteiger partial charge in [0.1, 0.15) is 0 Å². The summed E-state index contributed by atoms with van der Waals surface area (Å²) in [6.07, 6.45) is 7.22. The average Bonchev–Trinajstić information content (AvgIpc) is 2.78. The highest BCUT2D eigenvalue weighted by Crippen LogP contribution is 2.29. The smallest absolute Gasteiger partial charge is 0.212 e. The summed E-state index contributed by atoms with van der Waals surface area (Å²) in [5.74, 6) is 0.686. The van der Waals surface area contributed by atoms with Crippen LogP contribution in [0.4, 0.5) is 0 Å². The van der Waals surface area contributed by atoms with Crippen LogP contribution in [0.3, 0.4) is 0 Å². The first kappa shape index (κ1) is 12.9. The number of ether oxygens (including phenoxy) is 1. The number of rotatable bonds is 4. The Bertz CT molecular complexity index is 408. The van der Waals surface area contributed by atoms with Crippen LogP contribution < -0.4 is 10.1 Å². The van der Waals surface area contributed by atoms with Crippen LogP contribution in [0.2, 0.25) is 0 Å². The Labute approximate surface area is 115 Å². The van der Waals surface area contributed by atoms with Gasteiger partial charge in [-0.05, 0) is 38.3 Å². The fourth-order valence-corrected chi connectivity index (χ4v) is 3.43. The third kappa shape index (κ3) is 2.90. The number of piperidine rings is 1. The minimum Gasteiger partial charge on any atom is -0.481 e. The third-order valence-corrected chi connectivity index (χ3v) is 4.51. The molecule has 0 spiro atoms. The SMILES string of the molecule is COc1ccc(CN(C)C2CC3CCC(C2)N3)cn1. The number of nitrogens with one attached hydrogen (secondary N) is 1. The minimum atomic E-state index is 0.686.